The average molecular weight is 434 g/mol. The van der Waals surface area contributed by atoms with E-state index in [1.54, 1.807) is 0 Å². The van der Waals surface area contributed by atoms with Crippen LogP contribution >= 0.6 is 0 Å². The van der Waals surface area contributed by atoms with E-state index < -0.39 is 5.60 Å². The fraction of sp³-hybridized carbons (Fsp3) is 0.520. The van der Waals surface area contributed by atoms with Crippen LogP contribution in [0.3, 0.4) is 0 Å². The highest BCUT2D eigenvalue weighted by atomic mass is 16.5. The molecule has 1 saturated carbocycles. The SMILES string of the molecule is Cc1cc(N2CC[C@](C)(c3ccccc3)C2)cn2nc(C34CC(CN)(CO3)C4CO)nc12. The van der Waals surface area contributed by atoms with Crippen molar-refractivity contribution in [3.8, 4) is 0 Å². The van der Waals surface area contributed by atoms with Crippen LogP contribution in [0.4, 0.5) is 5.69 Å². The number of aliphatic hydroxyl groups is 1. The lowest BCUT2D eigenvalue weighted by molar-refractivity contribution is -0.112. The van der Waals surface area contributed by atoms with Gasteiger partial charge in [0.15, 0.2) is 11.5 Å². The van der Waals surface area contributed by atoms with E-state index in [1.165, 1.54) is 11.3 Å². The zero-order valence-corrected chi connectivity index (χ0v) is 18.8. The van der Waals surface area contributed by atoms with Crippen molar-refractivity contribution in [2.75, 3.05) is 37.7 Å². The Balaban J connectivity index is 1.32. The molecule has 4 fully saturated rings. The van der Waals surface area contributed by atoms with Crippen LogP contribution in [0.25, 0.3) is 5.65 Å². The van der Waals surface area contributed by atoms with Gasteiger partial charge < -0.3 is 20.5 Å². The number of hydrogen-bond acceptors (Lipinski definition) is 6. The number of pyridine rings is 1. The average Bonchev–Trinajstić information content (AvgIpc) is 3.55. The van der Waals surface area contributed by atoms with Gasteiger partial charge in [-0.15, -0.1) is 5.10 Å². The Labute approximate surface area is 188 Å². The monoisotopic (exact) mass is 433 g/mol. The minimum Gasteiger partial charge on any atom is -0.396 e. The summed E-state index contributed by atoms with van der Waals surface area (Å²) in [5.41, 5.74) is 9.92. The summed E-state index contributed by atoms with van der Waals surface area (Å²) in [7, 11) is 0. The summed E-state index contributed by atoms with van der Waals surface area (Å²) < 4.78 is 8.08. The number of aryl methyl sites for hydroxylation is 1. The van der Waals surface area contributed by atoms with E-state index in [0.717, 1.165) is 37.1 Å². The van der Waals surface area contributed by atoms with Crippen LogP contribution in [0, 0.1) is 18.3 Å². The molecule has 7 nitrogen and oxygen atoms in total. The second-order valence-corrected chi connectivity index (χ2v) is 10.3. The maximum absolute atomic E-state index is 10.0. The number of ether oxygens (including phenoxy) is 1. The van der Waals surface area contributed by atoms with Crippen LogP contribution in [0.15, 0.2) is 42.6 Å². The molecule has 2 aromatic heterocycles. The molecule has 32 heavy (non-hydrogen) atoms. The number of hydrogen-bond donors (Lipinski definition) is 2. The van der Waals surface area contributed by atoms with Crippen LogP contribution in [-0.2, 0) is 15.8 Å². The van der Waals surface area contributed by atoms with Crippen molar-refractivity contribution in [2.45, 2.75) is 37.7 Å². The highest BCUT2D eigenvalue weighted by Gasteiger charge is 2.71. The van der Waals surface area contributed by atoms with Crippen LogP contribution in [0.5, 0.6) is 0 Å². The molecule has 4 aliphatic rings. The molecule has 0 spiro atoms. The molecule has 0 amide bonds. The predicted octanol–water partition coefficient (Wildman–Crippen LogP) is 2.39. The Hall–Kier alpha value is -2.48. The lowest BCUT2D eigenvalue weighted by Gasteiger charge is -2.50. The molecule has 3 aliphatic heterocycles. The fourth-order valence-corrected chi connectivity index (χ4v) is 6.36. The fourth-order valence-electron chi connectivity index (χ4n) is 6.36. The number of aromatic nitrogens is 3. The van der Waals surface area contributed by atoms with Gasteiger partial charge in [0.2, 0.25) is 0 Å². The molecule has 4 atom stereocenters. The van der Waals surface area contributed by atoms with Crippen molar-refractivity contribution in [1.29, 1.82) is 0 Å². The lowest BCUT2D eigenvalue weighted by Crippen LogP contribution is -2.58. The second kappa shape index (κ2) is 6.76. The van der Waals surface area contributed by atoms with Gasteiger partial charge in [-0.05, 0) is 37.0 Å². The molecule has 1 aliphatic carbocycles. The minimum absolute atomic E-state index is 0.0395. The van der Waals surface area contributed by atoms with Crippen LogP contribution in [0.2, 0.25) is 0 Å². The van der Waals surface area contributed by atoms with E-state index in [1.807, 2.05) is 4.52 Å². The number of anilines is 1. The van der Waals surface area contributed by atoms with Gasteiger partial charge in [0, 0.05) is 43.0 Å². The lowest BCUT2D eigenvalue weighted by atomic mass is 9.54. The maximum atomic E-state index is 10.0. The van der Waals surface area contributed by atoms with Crippen molar-refractivity contribution in [3.63, 3.8) is 0 Å². The first kappa shape index (κ1) is 20.1. The van der Waals surface area contributed by atoms with E-state index in [0.29, 0.717) is 19.0 Å². The van der Waals surface area contributed by atoms with Gasteiger partial charge in [0.25, 0.3) is 0 Å². The number of aliphatic hydroxyl groups excluding tert-OH is 1. The molecular weight excluding hydrogens is 402 g/mol. The molecule has 3 aromatic rings. The summed E-state index contributed by atoms with van der Waals surface area (Å²) in [4.78, 5) is 7.32. The molecule has 2 bridgehead atoms. The first-order chi connectivity index (χ1) is 15.4. The largest absolute Gasteiger partial charge is 0.396 e. The van der Waals surface area contributed by atoms with Crippen molar-refractivity contribution < 1.29 is 9.84 Å². The van der Waals surface area contributed by atoms with Gasteiger partial charge in [0.05, 0.1) is 18.5 Å². The predicted molar refractivity (Wildman–Crippen MR) is 123 cm³/mol. The molecule has 1 aromatic carbocycles. The highest BCUT2D eigenvalue weighted by Crippen LogP contribution is 2.65. The van der Waals surface area contributed by atoms with Gasteiger partial charge in [-0.2, -0.15) is 0 Å². The van der Waals surface area contributed by atoms with E-state index >= 15 is 0 Å². The highest BCUT2D eigenvalue weighted by molar-refractivity contribution is 5.58. The van der Waals surface area contributed by atoms with Crippen LogP contribution < -0.4 is 10.6 Å². The van der Waals surface area contributed by atoms with E-state index in [4.69, 9.17) is 20.6 Å². The van der Waals surface area contributed by atoms with Gasteiger partial charge in [-0.25, -0.2) is 9.50 Å². The molecule has 7 heteroatoms. The number of nitrogens with zero attached hydrogens (tertiary/aromatic N) is 4. The molecule has 0 radical (unpaired) electrons. The zero-order chi connectivity index (χ0) is 22.1. The molecule has 168 valence electrons. The number of benzene rings is 1. The van der Waals surface area contributed by atoms with Gasteiger partial charge in [0.1, 0.15) is 5.60 Å². The first-order valence-corrected chi connectivity index (χ1v) is 11.6. The minimum atomic E-state index is -0.605. The Morgan fingerprint density at radius 2 is 2.09 bits per heavy atom. The van der Waals surface area contributed by atoms with Gasteiger partial charge in [-0.1, -0.05) is 37.3 Å². The molecular formula is C25H31N5O2. The Bertz CT molecular complexity index is 1180. The summed E-state index contributed by atoms with van der Waals surface area (Å²) >= 11 is 0. The van der Waals surface area contributed by atoms with Gasteiger partial charge >= 0.3 is 0 Å². The standard InChI is InChI=1S/C25H31N5O2/c1-17-10-19(29-9-8-23(2,15-29)18-6-4-3-5-7-18)11-30-21(17)27-22(28-30)25-13-24(14-26,16-32-25)20(25)12-31/h3-7,10-11,20,31H,8-9,12-16,26H2,1-2H3/t20?,23-,24?,25?/m0/s1. The molecule has 3 unspecified atom stereocenters. The topological polar surface area (TPSA) is 88.9 Å². The molecule has 5 heterocycles. The third kappa shape index (κ3) is 2.59. The van der Waals surface area contributed by atoms with E-state index in [2.05, 4.69) is 61.3 Å². The second-order valence-electron chi connectivity index (χ2n) is 10.3. The molecule has 3 N–H and O–H groups in total. The number of fused-ring (bicyclic) bond motifs is 2. The smallest absolute Gasteiger partial charge is 0.183 e. The molecule has 7 rings (SSSR count). The quantitative estimate of drug-likeness (QED) is 0.642. The molecule has 3 saturated heterocycles. The Morgan fingerprint density at radius 1 is 1.28 bits per heavy atom. The summed E-state index contributed by atoms with van der Waals surface area (Å²) in [5.74, 6) is 0.635. The van der Waals surface area contributed by atoms with E-state index in [9.17, 15) is 5.11 Å². The third-order valence-corrected chi connectivity index (χ3v) is 8.41. The van der Waals surface area contributed by atoms with Crippen molar-refractivity contribution in [2.24, 2.45) is 17.1 Å². The number of rotatable bonds is 5. The summed E-state index contributed by atoms with van der Waals surface area (Å²) in [6.45, 7) is 7.56. The van der Waals surface area contributed by atoms with E-state index in [-0.39, 0.29) is 23.4 Å². The summed E-state index contributed by atoms with van der Waals surface area (Å²) in [6.07, 6.45) is 3.99. The number of nitrogens with two attached hydrogens (primary N) is 1. The first-order valence-electron chi connectivity index (χ1n) is 11.6. The van der Waals surface area contributed by atoms with Gasteiger partial charge in [-0.3, -0.25) is 0 Å². The van der Waals surface area contributed by atoms with Crippen molar-refractivity contribution in [3.05, 3.63) is 59.5 Å². The zero-order valence-electron chi connectivity index (χ0n) is 18.8. The normalized spacial score (nSPS) is 33.8. The maximum Gasteiger partial charge on any atom is 0.183 e. The van der Waals surface area contributed by atoms with Crippen molar-refractivity contribution in [1.82, 2.24) is 14.6 Å². The third-order valence-electron chi connectivity index (χ3n) is 8.41. The Morgan fingerprint density at radius 3 is 2.84 bits per heavy atom. The summed E-state index contributed by atoms with van der Waals surface area (Å²) in [6, 6.07) is 13.0. The Kier molecular flexibility index (Phi) is 4.26. The van der Waals surface area contributed by atoms with Crippen molar-refractivity contribution >= 4 is 11.3 Å². The summed E-state index contributed by atoms with van der Waals surface area (Å²) in [5, 5.41) is 14.9. The van der Waals surface area contributed by atoms with Crippen LogP contribution in [-0.4, -0.2) is 52.6 Å². The van der Waals surface area contributed by atoms with Crippen LogP contribution in [0.1, 0.15) is 36.7 Å².